The molecule has 0 saturated carbocycles. The van der Waals surface area contributed by atoms with Crippen molar-refractivity contribution < 1.29 is 13.9 Å². The molecule has 2 N–H and O–H groups in total. The van der Waals surface area contributed by atoms with Crippen LogP contribution in [0.2, 0.25) is 0 Å². The van der Waals surface area contributed by atoms with E-state index in [1.807, 2.05) is 12.1 Å². The van der Waals surface area contributed by atoms with Gasteiger partial charge in [0.15, 0.2) is 5.16 Å². The number of primary amides is 1. The van der Waals surface area contributed by atoms with E-state index in [1.165, 1.54) is 22.0 Å². The van der Waals surface area contributed by atoms with Gasteiger partial charge in [-0.3, -0.25) is 14.2 Å². The van der Waals surface area contributed by atoms with Gasteiger partial charge in [0.1, 0.15) is 21.8 Å². The highest BCUT2D eigenvalue weighted by atomic mass is 32.2. The fraction of sp³-hybridized carbons (Fsp3) is 0.150. The Kier molecular flexibility index (Phi) is 5.25. The molecule has 4 rings (SSSR count). The van der Waals surface area contributed by atoms with Crippen LogP contribution in [0.25, 0.3) is 20.3 Å². The van der Waals surface area contributed by atoms with E-state index in [-0.39, 0.29) is 17.9 Å². The number of halogens is 1. The van der Waals surface area contributed by atoms with E-state index in [4.69, 9.17) is 10.5 Å². The largest absolute Gasteiger partial charge is 0.497 e. The predicted octanol–water partition coefficient (Wildman–Crippen LogP) is 3.38. The van der Waals surface area contributed by atoms with Crippen LogP contribution in [0.3, 0.4) is 0 Å². The van der Waals surface area contributed by atoms with E-state index < -0.39 is 11.7 Å². The van der Waals surface area contributed by atoms with Crippen LogP contribution in [0, 0.1) is 5.82 Å². The number of benzene rings is 2. The van der Waals surface area contributed by atoms with E-state index >= 15 is 0 Å². The van der Waals surface area contributed by atoms with Crippen molar-refractivity contribution in [3.63, 3.8) is 0 Å². The molecular weight excluding hydrogens is 413 g/mol. The Bertz CT molecular complexity index is 1280. The first kappa shape index (κ1) is 19.4. The fourth-order valence-corrected chi connectivity index (χ4v) is 4.84. The first-order valence-corrected chi connectivity index (χ1v) is 10.4. The zero-order chi connectivity index (χ0) is 20.5. The number of thioether (sulfide) groups is 1. The Morgan fingerprint density at radius 1 is 1.28 bits per heavy atom. The number of methoxy groups -OCH3 is 1. The normalized spacial score (nSPS) is 11.2. The van der Waals surface area contributed by atoms with E-state index in [9.17, 15) is 14.0 Å². The van der Waals surface area contributed by atoms with Crippen LogP contribution in [0.4, 0.5) is 4.39 Å². The number of nitrogens with zero attached hydrogens (tertiary/aromatic N) is 2. The SMILES string of the molecule is COc1ccc(Cn2c(SCC(N)=O)nc3c(sc4cccc(F)c43)c2=O)cc1. The molecule has 29 heavy (non-hydrogen) atoms. The molecule has 2 heterocycles. The molecule has 0 bridgehead atoms. The summed E-state index contributed by atoms with van der Waals surface area (Å²) in [6, 6.07) is 12.0. The summed E-state index contributed by atoms with van der Waals surface area (Å²) in [7, 11) is 1.58. The van der Waals surface area contributed by atoms with Crippen molar-refractivity contribution in [3.8, 4) is 5.75 Å². The van der Waals surface area contributed by atoms with Crippen molar-refractivity contribution in [3.05, 3.63) is 64.2 Å². The van der Waals surface area contributed by atoms with Crippen LogP contribution >= 0.6 is 23.1 Å². The summed E-state index contributed by atoms with van der Waals surface area (Å²) in [5.41, 5.74) is 6.17. The smallest absolute Gasteiger partial charge is 0.272 e. The molecule has 1 amide bonds. The van der Waals surface area contributed by atoms with Gasteiger partial charge in [0.25, 0.3) is 5.56 Å². The summed E-state index contributed by atoms with van der Waals surface area (Å²) in [4.78, 5) is 29.1. The predicted molar refractivity (Wildman–Crippen MR) is 113 cm³/mol. The number of fused-ring (bicyclic) bond motifs is 3. The van der Waals surface area contributed by atoms with Crippen molar-refractivity contribution in [1.82, 2.24) is 9.55 Å². The van der Waals surface area contributed by atoms with Crippen LogP contribution in [0.15, 0.2) is 52.4 Å². The second-order valence-electron chi connectivity index (χ2n) is 6.28. The number of rotatable bonds is 6. The minimum absolute atomic E-state index is 0.0366. The number of carbonyl (C=O) groups excluding carboxylic acids is 1. The van der Waals surface area contributed by atoms with Gasteiger partial charge < -0.3 is 10.5 Å². The molecule has 0 atom stereocenters. The fourth-order valence-electron chi connectivity index (χ4n) is 3.01. The lowest BCUT2D eigenvalue weighted by molar-refractivity contribution is -0.115. The Labute approximate surface area is 173 Å². The lowest BCUT2D eigenvalue weighted by Crippen LogP contribution is -2.24. The number of aromatic nitrogens is 2. The third-order valence-corrected chi connectivity index (χ3v) is 6.49. The third kappa shape index (κ3) is 3.70. The van der Waals surface area contributed by atoms with Crippen LogP contribution in [0.5, 0.6) is 5.75 Å². The van der Waals surface area contributed by atoms with Gasteiger partial charge in [-0.05, 0) is 29.8 Å². The van der Waals surface area contributed by atoms with Crippen molar-refractivity contribution >= 4 is 49.3 Å². The van der Waals surface area contributed by atoms with E-state index in [1.54, 1.807) is 31.4 Å². The molecule has 0 aliphatic carbocycles. The minimum Gasteiger partial charge on any atom is -0.497 e. The van der Waals surface area contributed by atoms with Gasteiger partial charge >= 0.3 is 0 Å². The van der Waals surface area contributed by atoms with Crippen LogP contribution in [0.1, 0.15) is 5.56 Å². The Morgan fingerprint density at radius 3 is 2.72 bits per heavy atom. The van der Waals surface area contributed by atoms with Crippen molar-refractivity contribution in [2.45, 2.75) is 11.7 Å². The second-order valence-corrected chi connectivity index (χ2v) is 8.28. The zero-order valence-corrected chi connectivity index (χ0v) is 17.0. The molecule has 4 aromatic rings. The van der Waals surface area contributed by atoms with Gasteiger partial charge in [-0.15, -0.1) is 11.3 Å². The summed E-state index contributed by atoms with van der Waals surface area (Å²) in [6.07, 6.45) is 0. The number of nitrogens with two attached hydrogens (primary N) is 1. The maximum Gasteiger partial charge on any atom is 0.272 e. The van der Waals surface area contributed by atoms with E-state index in [0.717, 1.165) is 17.3 Å². The summed E-state index contributed by atoms with van der Waals surface area (Å²) in [6.45, 7) is 0.254. The van der Waals surface area contributed by atoms with E-state index in [0.29, 0.717) is 31.2 Å². The standard InChI is InChI=1S/C20H16FN3O3S2/c1-27-12-7-5-11(6-8-12)9-24-19(26)18-17(23-20(24)28-10-15(22)25)16-13(21)3-2-4-14(16)29-18/h2-8H,9-10H2,1H3,(H2,22,25). The first-order chi connectivity index (χ1) is 14.0. The Hall–Kier alpha value is -2.91. The molecule has 2 aromatic carbocycles. The van der Waals surface area contributed by atoms with Gasteiger partial charge in [0.05, 0.1) is 24.8 Å². The molecular formula is C20H16FN3O3S2. The molecule has 0 saturated heterocycles. The monoisotopic (exact) mass is 429 g/mol. The molecule has 2 aromatic heterocycles. The van der Waals surface area contributed by atoms with Crippen LogP contribution in [-0.2, 0) is 11.3 Å². The van der Waals surface area contributed by atoms with Crippen LogP contribution in [-0.4, -0.2) is 28.3 Å². The summed E-state index contributed by atoms with van der Waals surface area (Å²) >= 11 is 2.27. The van der Waals surface area contributed by atoms with Crippen molar-refractivity contribution in [2.75, 3.05) is 12.9 Å². The molecule has 0 aliphatic rings. The highest BCUT2D eigenvalue weighted by molar-refractivity contribution is 7.99. The maximum atomic E-state index is 14.4. The first-order valence-electron chi connectivity index (χ1n) is 8.63. The lowest BCUT2D eigenvalue weighted by atomic mass is 10.2. The molecule has 0 spiro atoms. The Morgan fingerprint density at radius 2 is 2.03 bits per heavy atom. The maximum absolute atomic E-state index is 14.4. The molecule has 6 nitrogen and oxygen atoms in total. The number of hydrogen-bond donors (Lipinski definition) is 1. The molecule has 0 aliphatic heterocycles. The van der Waals surface area contributed by atoms with Crippen molar-refractivity contribution in [2.24, 2.45) is 5.73 Å². The zero-order valence-electron chi connectivity index (χ0n) is 15.3. The second kappa shape index (κ2) is 7.84. The lowest BCUT2D eigenvalue weighted by Gasteiger charge is -2.12. The van der Waals surface area contributed by atoms with Gasteiger partial charge in [-0.2, -0.15) is 0 Å². The highest BCUT2D eigenvalue weighted by Crippen LogP contribution is 2.33. The number of ether oxygens (including phenoxy) is 1. The van der Waals surface area contributed by atoms with E-state index in [2.05, 4.69) is 4.98 Å². The number of carbonyl (C=O) groups is 1. The Balaban J connectivity index is 1.90. The van der Waals surface area contributed by atoms with Gasteiger partial charge in [0.2, 0.25) is 5.91 Å². The number of amides is 1. The van der Waals surface area contributed by atoms with Gasteiger partial charge in [-0.25, -0.2) is 9.37 Å². The molecule has 0 radical (unpaired) electrons. The number of thiophene rings is 1. The molecule has 0 fully saturated rings. The summed E-state index contributed by atoms with van der Waals surface area (Å²) in [5, 5.41) is 0.641. The number of hydrogen-bond acceptors (Lipinski definition) is 6. The van der Waals surface area contributed by atoms with Crippen molar-refractivity contribution in [1.29, 1.82) is 0 Å². The summed E-state index contributed by atoms with van der Waals surface area (Å²) < 4.78 is 22.1. The third-order valence-electron chi connectivity index (χ3n) is 4.36. The molecule has 0 unspecified atom stereocenters. The molecule has 148 valence electrons. The topological polar surface area (TPSA) is 87.2 Å². The average Bonchev–Trinajstić information content (AvgIpc) is 3.09. The molecule has 9 heteroatoms. The van der Waals surface area contributed by atoms with Gasteiger partial charge in [0, 0.05) is 4.70 Å². The highest BCUT2D eigenvalue weighted by Gasteiger charge is 2.19. The average molecular weight is 429 g/mol. The quantitative estimate of drug-likeness (QED) is 0.375. The summed E-state index contributed by atoms with van der Waals surface area (Å²) in [5.74, 6) is -0.287. The minimum atomic E-state index is -0.526. The van der Waals surface area contributed by atoms with Crippen LogP contribution < -0.4 is 16.0 Å². The van der Waals surface area contributed by atoms with Gasteiger partial charge in [-0.1, -0.05) is 30.0 Å².